The van der Waals surface area contributed by atoms with Gasteiger partial charge in [0.1, 0.15) is 0 Å². The number of aryl methyl sites for hydroxylation is 1. The van der Waals surface area contributed by atoms with Gasteiger partial charge >= 0.3 is 0 Å². The van der Waals surface area contributed by atoms with Crippen LogP contribution in [0.15, 0.2) is 29.6 Å². The van der Waals surface area contributed by atoms with E-state index in [0.29, 0.717) is 5.88 Å². The van der Waals surface area contributed by atoms with Crippen molar-refractivity contribution >= 4 is 22.9 Å². The van der Waals surface area contributed by atoms with Crippen LogP contribution in [0.25, 0.3) is 10.4 Å². The largest absolute Gasteiger partial charge is 0.144 e. The van der Waals surface area contributed by atoms with Crippen molar-refractivity contribution in [2.75, 3.05) is 0 Å². The Morgan fingerprint density at radius 2 is 2.12 bits per heavy atom. The Kier molecular flexibility index (Phi) is 2.74. The molecule has 16 heavy (non-hydrogen) atoms. The van der Waals surface area contributed by atoms with Crippen LogP contribution in [-0.2, 0) is 18.7 Å². The van der Waals surface area contributed by atoms with Crippen molar-refractivity contribution < 1.29 is 0 Å². The summed E-state index contributed by atoms with van der Waals surface area (Å²) in [5, 5.41) is 2.20. The minimum Gasteiger partial charge on any atom is -0.144 e. The lowest BCUT2D eigenvalue weighted by molar-refractivity contribution is 0.830. The molecule has 2 heteroatoms. The first-order valence-electron chi connectivity index (χ1n) is 5.63. The first-order valence-corrected chi connectivity index (χ1v) is 7.05. The second-order valence-electron chi connectivity index (χ2n) is 4.21. The van der Waals surface area contributed by atoms with Gasteiger partial charge in [0.25, 0.3) is 0 Å². The first kappa shape index (κ1) is 10.4. The average Bonchev–Trinajstić information content (AvgIpc) is 2.71. The molecule has 0 nitrogen and oxygen atoms in total. The smallest absolute Gasteiger partial charge is 0.0477 e. The highest BCUT2D eigenvalue weighted by Crippen LogP contribution is 2.37. The molecule has 0 N–H and O–H groups in total. The van der Waals surface area contributed by atoms with Crippen LogP contribution in [0.3, 0.4) is 0 Å². The molecular weight excluding hydrogens is 236 g/mol. The molecule has 0 unspecified atom stereocenters. The number of thiophene rings is 1. The van der Waals surface area contributed by atoms with E-state index in [1.165, 1.54) is 46.4 Å². The van der Waals surface area contributed by atoms with Crippen molar-refractivity contribution in [2.24, 2.45) is 0 Å². The Morgan fingerprint density at radius 3 is 3.00 bits per heavy atom. The van der Waals surface area contributed by atoms with Gasteiger partial charge in [-0.3, -0.25) is 0 Å². The minimum absolute atomic E-state index is 0.629. The minimum atomic E-state index is 0.629. The third-order valence-corrected chi connectivity index (χ3v) is 4.56. The molecule has 0 aliphatic heterocycles. The van der Waals surface area contributed by atoms with Crippen molar-refractivity contribution in [2.45, 2.75) is 25.1 Å². The quantitative estimate of drug-likeness (QED) is 0.645. The maximum atomic E-state index is 6.02. The number of alkyl halides is 1. The fourth-order valence-corrected chi connectivity index (χ4v) is 3.75. The number of fused-ring (bicyclic) bond motifs is 3. The highest BCUT2D eigenvalue weighted by Gasteiger charge is 2.17. The van der Waals surface area contributed by atoms with Crippen LogP contribution in [0.5, 0.6) is 0 Å². The van der Waals surface area contributed by atoms with Crippen LogP contribution >= 0.6 is 22.9 Å². The molecule has 0 atom stereocenters. The maximum Gasteiger partial charge on any atom is 0.0477 e. The van der Waals surface area contributed by atoms with Gasteiger partial charge in [-0.15, -0.1) is 22.9 Å². The van der Waals surface area contributed by atoms with Gasteiger partial charge in [0, 0.05) is 10.8 Å². The van der Waals surface area contributed by atoms with Crippen molar-refractivity contribution in [3.8, 4) is 10.4 Å². The Balaban J connectivity index is 2.25. The summed E-state index contributed by atoms with van der Waals surface area (Å²) in [7, 11) is 0. The lowest BCUT2D eigenvalue weighted by Gasteiger charge is -2.10. The van der Waals surface area contributed by atoms with Gasteiger partial charge in [0.15, 0.2) is 0 Å². The zero-order chi connectivity index (χ0) is 11.0. The average molecular weight is 249 g/mol. The summed E-state index contributed by atoms with van der Waals surface area (Å²) in [5.41, 5.74) is 5.70. The molecule has 82 valence electrons. The number of hydrogen-bond acceptors (Lipinski definition) is 1. The lowest BCUT2D eigenvalue weighted by atomic mass is 9.98. The summed E-state index contributed by atoms with van der Waals surface area (Å²) in [5.74, 6) is 0.629. The molecule has 0 bridgehead atoms. The van der Waals surface area contributed by atoms with Crippen LogP contribution in [0.2, 0.25) is 0 Å². The van der Waals surface area contributed by atoms with Crippen molar-refractivity contribution in [1.82, 2.24) is 0 Å². The van der Waals surface area contributed by atoms with E-state index in [9.17, 15) is 0 Å². The molecule has 0 amide bonds. The molecule has 1 aromatic heterocycles. The third-order valence-electron chi connectivity index (χ3n) is 3.28. The number of rotatable bonds is 1. The van der Waals surface area contributed by atoms with Crippen LogP contribution in [-0.4, -0.2) is 0 Å². The molecule has 0 fully saturated rings. The van der Waals surface area contributed by atoms with Crippen molar-refractivity contribution in [3.63, 3.8) is 0 Å². The van der Waals surface area contributed by atoms with Crippen LogP contribution in [0, 0.1) is 0 Å². The van der Waals surface area contributed by atoms with Gasteiger partial charge in [-0.05, 0) is 53.0 Å². The second kappa shape index (κ2) is 4.23. The SMILES string of the molecule is ClCc1cccc2c1CCCc1ccsc1-2. The van der Waals surface area contributed by atoms with E-state index in [2.05, 4.69) is 29.6 Å². The van der Waals surface area contributed by atoms with Gasteiger partial charge in [0.2, 0.25) is 0 Å². The summed E-state index contributed by atoms with van der Waals surface area (Å²) in [6.07, 6.45) is 3.61. The van der Waals surface area contributed by atoms with E-state index in [-0.39, 0.29) is 0 Å². The summed E-state index contributed by atoms with van der Waals surface area (Å²) in [6.45, 7) is 0. The molecule has 1 aromatic carbocycles. The Labute approximate surface area is 105 Å². The molecule has 0 radical (unpaired) electrons. The van der Waals surface area contributed by atoms with E-state index in [4.69, 9.17) is 11.6 Å². The Morgan fingerprint density at radius 1 is 1.19 bits per heavy atom. The summed E-state index contributed by atoms with van der Waals surface area (Å²) in [6, 6.07) is 8.80. The van der Waals surface area contributed by atoms with E-state index < -0.39 is 0 Å². The Hall–Kier alpha value is -0.790. The molecule has 0 saturated heterocycles. The molecule has 0 spiro atoms. The van der Waals surface area contributed by atoms with Gasteiger partial charge < -0.3 is 0 Å². The molecular formula is C14H13ClS. The van der Waals surface area contributed by atoms with E-state index in [0.717, 1.165) is 0 Å². The topological polar surface area (TPSA) is 0 Å². The number of benzene rings is 1. The van der Waals surface area contributed by atoms with Gasteiger partial charge in [-0.2, -0.15) is 0 Å². The van der Waals surface area contributed by atoms with Gasteiger partial charge in [-0.25, -0.2) is 0 Å². The van der Waals surface area contributed by atoms with Crippen LogP contribution in [0.4, 0.5) is 0 Å². The van der Waals surface area contributed by atoms with E-state index in [1.807, 2.05) is 11.3 Å². The molecule has 1 heterocycles. The standard InChI is InChI=1S/C14H13ClS/c15-9-11-4-2-6-13-12(11)5-1-3-10-7-8-16-14(10)13/h2,4,6-8H,1,3,5,9H2. The van der Waals surface area contributed by atoms with Gasteiger partial charge in [-0.1, -0.05) is 18.2 Å². The molecule has 1 aliphatic carbocycles. The normalized spacial score (nSPS) is 14.1. The number of halogens is 1. The zero-order valence-electron chi connectivity index (χ0n) is 9.00. The third kappa shape index (κ3) is 1.59. The van der Waals surface area contributed by atoms with Gasteiger partial charge in [0.05, 0.1) is 0 Å². The van der Waals surface area contributed by atoms with E-state index >= 15 is 0 Å². The summed E-state index contributed by atoms with van der Waals surface area (Å²) >= 11 is 7.88. The summed E-state index contributed by atoms with van der Waals surface area (Å²) in [4.78, 5) is 1.46. The van der Waals surface area contributed by atoms with Crippen LogP contribution in [0.1, 0.15) is 23.1 Å². The Bertz CT molecular complexity index is 513. The second-order valence-corrected chi connectivity index (χ2v) is 5.39. The monoisotopic (exact) mass is 248 g/mol. The molecule has 1 aliphatic rings. The zero-order valence-corrected chi connectivity index (χ0v) is 10.6. The first-order chi connectivity index (χ1) is 7.90. The van der Waals surface area contributed by atoms with Crippen molar-refractivity contribution in [1.29, 1.82) is 0 Å². The number of hydrogen-bond donors (Lipinski definition) is 0. The predicted octanol–water partition coefficient (Wildman–Crippen LogP) is 4.64. The summed E-state index contributed by atoms with van der Waals surface area (Å²) < 4.78 is 0. The highest BCUT2D eigenvalue weighted by atomic mass is 35.5. The molecule has 2 aromatic rings. The maximum absolute atomic E-state index is 6.02. The van der Waals surface area contributed by atoms with E-state index in [1.54, 1.807) is 0 Å². The molecule has 0 saturated carbocycles. The lowest BCUT2D eigenvalue weighted by Crippen LogP contribution is -1.93. The fourth-order valence-electron chi connectivity index (χ4n) is 2.49. The predicted molar refractivity (Wildman–Crippen MR) is 71.3 cm³/mol. The molecule has 3 rings (SSSR count). The van der Waals surface area contributed by atoms with Crippen LogP contribution < -0.4 is 0 Å². The van der Waals surface area contributed by atoms with Crippen molar-refractivity contribution in [3.05, 3.63) is 46.3 Å². The fraction of sp³-hybridized carbons (Fsp3) is 0.286. The highest BCUT2D eigenvalue weighted by molar-refractivity contribution is 7.13.